The van der Waals surface area contributed by atoms with Crippen LogP contribution in [0.1, 0.15) is 11.3 Å². The molecule has 0 saturated heterocycles. The van der Waals surface area contributed by atoms with Crippen LogP contribution in [-0.4, -0.2) is 17.2 Å². The zero-order chi connectivity index (χ0) is 14.0. The molecule has 0 aliphatic carbocycles. The van der Waals surface area contributed by atoms with E-state index in [2.05, 4.69) is 5.16 Å². The van der Waals surface area contributed by atoms with E-state index >= 15 is 0 Å². The molecule has 19 heavy (non-hydrogen) atoms. The zero-order valence-electron chi connectivity index (χ0n) is 10.5. The molecule has 0 fully saturated rings. The largest absolute Gasteiger partial charge is 0.490 e. The Morgan fingerprint density at radius 2 is 2.26 bits per heavy atom. The summed E-state index contributed by atoms with van der Waals surface area (Å²) in [6.07, 6.45) is 0. The summed E-state index contributed by atoms with van der Waals surface area (Å²) >= 11 is 0. The number of hydrogen-bond donors (Lipinski definition) is 1. The minimum Gasteiger partial charge on any atom is -0.490 e. The van der Waals surface area contributed by atoms with Crippen molar-refractivity contribution in [2.75, 3.05) is 7.11 Å². The molecule has 100 valence electrons. The highest BCUT2D eigenvalue weighted by molar-refractivity contribution is 5.68. The van der Waals surface area contributed by atoms with E-state index in [1.165, 1.54) is 19.2 Å². The minimum atomic E-state index is -0.503. The summed E-state index contributed by atoms with van der Waals surface area (Å²) in [7, 11) is 1.38. The van der Waals surface area contributed by atoms with E-state index in [0.717, 1.165) is 5.56 Å². The zero-order valence-corrected chi connectivity index (χ0v) is 10.5. The van der Waals surface area contributed by atoms with Gasteiger partial charge in [0.25, 0.3) is 0 Å². The first-order valence-corrected chi connectivity index (χ1v) is 5.56. The van der Waals surface area contributed by atoms with Gasteiger partial charge in [-0.05, 0) is 19.1 Å². The van der Waals surface area contributed by atoms with Crippen LogP contribution in [0.15, 0.2) is 22.7 Å². The summed E-state index contributed by atoms with van der Waals surface area (Å²) in [5.74, 6) is 0.805. The molecule has 0 amide bonds. The van der Waals surface area contributed by atoms with E-state index < -0.39 is 4.92 Å². The number of nitrogens with zero attached hydrogens (tertiary/aromatic N) is 2. The second-order valence-electron chi connectivity index (χ2n) is 3.91. The van der Waals surface area contributed by atoms with Gasteiger partial charge >= 0.3 is 5.69 Å². The maximum Gasteiger partial charge on any atom is 0.311 e. The van der Waals surface area contributed by atoms with Crippen molar-refractivity contribution in [1.29, 1.82) is 0 Å². The Bertz CT molecular complexity index is 621. The number of aromatic nitrogens is 1. The van der Waals surface area contributed by atoms with Gasteiger partial charge in [0, 0.05) is 23.7 Å². The number of rotatable bonds is 4. The van der Waals surface area contributed by atoms with Gasteiger partial charge in [-0.25, -0.2) is 0 Å². The normalized spacial score (nSPS) is 10.5. The molecule has 1 aromatic heterocycles. The van der Waals surface area contributed by atoms with E-state index in [-0.39, 0.29) is 18.0 Å². The van der Waals surface area contributed by atoms with Gasteiger partial charge in [-0.1, -0.05) is 5.16 Å². The second kappa shape index (κ2) is 5.07. The summed E-state index contributed by atoms with van der Waals surface area (Å²) in [6, 6.07) is 4.61. The van der Waals surface area contributed by atoms with Gasteiger partial charge in [-0.15, -0.1) is 0 Å². The molecular weight excluding hydrogens is 250 g/mol. The summed E-state index contributed by atoms with van der Waals surface area (Å²) in [6.45, 7) is 2.00. The van der Waals surface area contributed by atoms with E-state index in [0.29, 0.717) is 17.0 Å². The maximum absolute atomic E-state index is 11.0. The van der Waals surface area contributed by atoms with Crippen molar-refractivity contribution in [3.63, 3.8) is 0 Å². The summed E-state index contributed by atoms with van der Waals surface area (Å²) in [4.78, 5) is 10.5. The highest BCUT2D eigenvalue weighted by Gasteiger charge is 2.19. The SMILES string of the molecule is COc1ccc(-c2noc(C)c2CN)cc1[N+](=O)[O-]. The van der Waals surface area contributed by atoms with Gasteiger partial charge in [0.2, 0.25) is 0 Å². The third-order valence-electron chi connectivity index (χ3n) is 2.84. The van der Waals surface area contributed by atoms with Gasteiger partial charge in [0.15, 0.2) is 5.75 Å². The maximum atomic E-state index is 11.0. The van der Waals surface area contributed by atoms with Crippen molar-refractivity contribution in [3.8, 4) is 17.0 Å². The van der Waals surface area contributed by atoms with Gasteiger partial charge in [-0.2, -0.15) is 0 Å². The molecule has 0 bridgehead atoms. The van der Waals surface area contributed by atoms with Crippen LogP contribution in [0, 0.1) is 17.0 Å². The van der Waals surface area contributed by atoms with Crippen molar-refractivity contribution in [2.24, 2.45) is 5.73 Å². The number of methoxy groups -OCH3 is 1. The van der Waals surface area contributed by atoms with Crippen LogP contribution in [0.3, 0.4) is 0 Å². The van der Waals surface area contributed by atoms with E-state index in [4.69, 9.17) is 15.0 Å². The molecule has 2 N–H and O–H groups in total. The van der Waals surface area contributed by atoms with Crippen molar-refractivity contribution in [3.05, 3.63) is 39.6 Å². The number of ether oxygens (including phenoxy) is 1. The standard InChI is InChI=1S/C12H13N3O4/c1-7-9(6-13)12(14-19-7)8-3-4-11(18-2)10(5-8)15(16)17/h3-5H,6,13H2,1-2H3. The molecule has 2 rings (SSSR count). The van der Waals surface area contributed by atoms with Gasteiger partial charge in [0.05, 0.1) is 12.0 Å². The monoisotopic (exact) mass is 263 g/mol. The predicted octanol–water partition coefficient (Wildman–Crippen LogP) is 2.03. The lowest BCUT2D eigenvalue weighted by Crippen LogP contribution is -1.99. The number of hydrogen-bond acceptors (Lipinski definition) is 6. The molecule has 0 unspecified atom stereocenters. The fourth-order valence-electron chi connectivity index (χ4n) is 1.84. The van der Waals surface area contributed by atoms with Gasteiger partial charge in [-0.3, -0.25) is 10.1 Å². The molecule has 0 aliphatic rings. The molecule has 7 heteroatoms. The first kappa shape index (κ1) is 13.0. The minimum absolute atomic E-state index is 0.122. The Kier molecular flexibility index (Phi) is 3.48. The second-order valence-corrected chi connectivity index (χ2v) is 3.91. The van der Waals surface area contributed by atoms with E-state index in [1.807, 2.05) is 0 Å². The Morgan fingerprint density at radius 3 is 2.84 bits per heavy atom. The molecule has 0 saturated carbocycles. The average molecular weight is 263 g/mol. The molecule has 1 aromatic carbocycles. The fourth-order valence-corrected chi connectivity index (χ4v) is 1.84. The van der Waals surface area contributed by atoms with E-state index in [9.17, 15) is 10.1 Å². The van der Waals surface area contributed by atoms with Crippen molar-refractivity contribution in [2.45, 2.75) is 13.5 Å². The molecular formula is C12H13N3O4. The molecule has 7 nitrogen and oxygen atoms in total. The van der Waals surface area contributed by atoms with Crippen molar-refractivity contribution in [1.82, 2.24) is 5.16 Å². The smallest absolute Gasteiger partial charge is 0.311 e. The Morgan fingerprint density at radius 1 is 1.53 bits per heavy atom. The van der Waals surface area contributed by atoms with Crippen LogP contribution in [0.25, 0.3) is 11.3 Å². The van der Waals surface area contributed by atoms with Gasteiger partial charge in [0.1, 0.15) is 11.5 Å². The Hall–Kier alpha value is -2.41. The van der Waals surface area contributed by atoms with Crippen LogP contribution in [0.4, 0.5) is 5.69 Å². The topological polar surface area (TPSA) is 104 Å². The molecule has 0 spiro atoms. The summed E-state index contributed by atoms with van der Waals surface area (Å²) in [5, 5.41) is 14.9. The lowest BCUT2D eigenvalue weighted by atomic mass is 10.1. The Labute approximate surface area is 109 Å². The highest BCUT2D eigenvalue weighted by Crippen LogP contribution is 2.33. The lowest BCUT2D eigenvalue weighted by Gasteiger charge is -2.04. The number of benzene rings is 1. The Balaban J connectivity index is 2.57. The number of aryl methyl sites for hydroxylation is 1. The number of nitro benzene ring substituents is 1. The quantitative estimate of drug-likeness (QED) is 0.668. The highest BCUT2D eigenvalue weighted by atomic mass is 16.6. The molecule has 0 atom stereocenters. The molecule has 2 aromatic rings. The average Bonchev–Trinajstić information content (AvgIpc) is 2.78. The number of nitro groups is 1. The third-order valence-corrected chi connectivity index (χ3v) is 2.84. The number of nitrogens with two attached hydrogens (primary N) is 1. The summed E-state index contributed by atoms with van der Waals surface area (Å²) in [5.41, 5.74) is 7.34. The molecule has 0 radical (unpaired) electrons. The molecule has 1 heterocycles. The summed E-state index contributed by atoms with van der Waals surface area (Å²) < 4.78 is 10.0. The molecule has 0 aliphatic heterocycles. The van der Waals surface area contributed by atoms with Crippen LogP contribution < -0.4 is 10.5 Å². The fraction of sp³-hybridized carbons (Fsp3) is 0.250. The third kappa shape index (κ3) is 2.27. The predicted molar refractivity (Wildman–Crippen MR) is 67.8 cm³/mol. The van der Waals surface area contributed by atoms with Crippen molar-refractivity contribution >= 4 is 5.69 Å². The van der Waals surface area contributed by atoms with E-state index in [1.54, 1.807) is 13.0 Å². The van der Waals surface area contributed by atoms with Crippen molar-refractivity contribution < 1.29 is 14.2 Å². The van der Waals surface area contributed by atoms with Gasteiger partial charge < -0.3 is 15.0 Å². The van der Waals surface area contributed by atoms with Crippen LogP contribution in [0.2, 0.25) is 0 Å². The van der Waals surface area contributed by atoms with Crippen LogP contribution >= 0.6 is 0 Å². The first-order valence-electron chi connectivity index (χ1n) is 5.56. The van der Waals surface area contributed by atoms with Crippen LogP contribution in [0.5, 0.6) is 5.75 Å². The van der Waals surface area contributed by atoms with Crippen LogP contribution in [-0.2, 0) is 6.54 Å². The lowest BCUT2D eigenvalue weighted by molar-refractivity contribution is -0.385. The first-order chi connectivity index (χ1) is 9.08.